The molecule has 5 nitrogen and oxygen atoms in total. The van der Waals surface area contributed by atoms with Gasteiger partial charge in [0, 0.05) is 20.2 Å². The van der Waals surface area contributed by atoms with Crippen LogP contribution in [0.5, 0.6) is 0 Å². The van der Waals surface area contributed by atoms with E-state index < -0.39 is 0 Å². The predicted molar refractivity (Wildman–Crippen MR) is 64.1 cm³/mol. The number of ether oxygens (including phenoxy) is 1. The maximum absolute atomic E-state index is 5.98. The molecule has 0 bridgehead atoms. The van der Waals surface area contributed by atoms with Gasteiger partial charge >= 0.3 is 0 Å². The zero-order chi connectivity index (χ0) is 11.4. The van der Waals surface area contributed by atoms with E-state index in [-0.39, 0.29) is 6.10 Å². The Morgan fingerprint density at radius 2 is 2.50 bits per heavy atom. The fourth-order valence-electron chi connectivity index (χ4n) is 1.63. The molecule has 1 aliphatic heterocycles. The average Bonchev–Trinajstić information content (AvgIpc) is 2.81. The van der Waals surface area contributed by atoms with Crippen LogP contribution in [-0.4, -0.2) is 36.3 Å². The highest BCUT2D eigenvalue weighted by molar-refractivity contribution is 6.32. The van der Waals surface area contributed by atoms with Crippen LogP contribution in [-0.2, 0) is 4.74 Å². The van der Waals surface area contributed by atoms with Crippen LogP contribution >= 0.6 is 11.6 Å². The van der Waals surface area contributed by atoms with Crippen LogP contribution in [0.1, 0.15) is 12.8 Å². The molecular formula is C10H15ClN4O. The molecule has 88 valence electrons. The summed E-state index contributed by atoms with van der Waals surface area (Å²) in [5.74, 6) is 1.20. The molecule has 1 saturated heterocycles. The number of hydrogen-bond acceptors (Lipinski definition) is 5. The van der Waals surface area contributed by atoms with Crippen LogP contribution in [0.25, 0.3) is 0 Å². The van der Waals surface area contributed by atoms with Gasteiger partial charge in [-0.3, -0.25) is 0 Å². The third-order valence-corrected chi connectivity index (χ3v) is 2.77. The van der Waals surface area contributed by atoms with E-state index in [9.17, 15) is 0 Å². The van der Waals surface area contributed by atoms with Gasteiger partial charge in [-0.15, -0.1) is 0 Å². The number of nitrogens with one attached hydrogen (secondary N) is 2. The summed E-state index contributed by atoms with van der Waals surface area (Å²) in [7, 11) is 1.77. The predicted octanol–water partition coefficient (Wildman–Crippen LogP) is 1.76. The summed E-state index contributed by atoms with van der Waals surface area (Å²) < 4.78 is 5.51. The molecule has 1 unspecified atom stereocenters. The van der Waals surface area contributed by atoms with Gasteiger partial charge in [-0.1, -0.05) is 11.6 Å². The van der Waals surface area contributed by atoms with Gasteiger partial charge in [0.05, 0.1) is 12.3 Å². The molecule has 1 aromatic rings. The van der Waals surface area contributed by atoms with Crippen molar-refractivity contribution in [3.63, 3.8) is 0 Å². The summed E-state index contributed by atoms with van der Waals surface area (Å²) in [6, 6.07) is 0. The minimum atomic E-state index is 0.268. The number of aromatic nitrogens is 2. The Balaban J connectivity index is 1.96. The average molecular weight is 243 g/mol. The molecule has 2 N–H and O–H groups in total. The topological polar surface area (TPSA) is 59.1 Å². The zero-order valence-electron chi connectivity index (χ0n) is 9.16. The van der Waals surface area contributed by atoms with Gasteiger partial charge in [0.15, 0.2) is 5.82 Å². The lowest BCUT2D eigenvalue weighted by atomic mass is 10.2. The summed E-state index contributed by atoms with van der Waals surface area (Å²) in [6.45, 7) is 1.59. The van der Waals surface area contributed by atoms with Crippen molar-refractivity contribution in [2.24, 2.45) is 0 Å². The van der Waals surface area contributed by atoms with E-state index >= 15 is 0 Å². The second-order valence-corrected chi connectivity index (χ2v) is 4.06. The Morgan fingerprint density at radius 3 is 3.19 bits per heavy atom. The molecule has 1 aromatic heterocycles. The third kappa shape index (κ3) is 2.74. The molecule has 1 fully saturated rings. The van der Waals surface area contributed by atoms with Gasteiger partial charge in [0.1, 0.15) is 5.02 Å². The molecule has 16 heavy (non-hydrogen) atoms. The van der Waals surface area contributed by atoms with E-state index in [1.165, 1.54) is 0 Å². The van der Waals surface area contributed by atoms with Gasteiger partial charge in [-0.25, -0.2) is 4.98 Å². The second kappa shape index (κ2) is 5.32. The summed E-state index contributed by atoms with van der Waals surface area (Å²) >= 11 is 5.98. The molecular weight excluding hydrogens is 228 g/mol. The quantitative estimate of drug-likeness (QED) is 0.843. The number of nitrogens with zero attached hydrogens (tertiary/aromatic N) is 2. The van der Waals surface area contributed by atoms with Crippen molar-refractivity contribution >= 4 is 23.4 Å². The molecule has 2 rings (SSSR count). The van der Waals surface area contributed by atoms with Crippen molar-refractivity contribution in [3.8, 4) is 0 Å². The van der Waals surface area contributed by atoms with E-state index in [1.807, 2.05) is 0 Å². The Morgan fingerprint density at radius 1 is 1.62 bits per heavy atom. The molecule has 0 aromatic carbocycles. The first-order chi connectivity index (χ1) is 7.79. The van der Waals surface area contributed by atoms with Crippen molar-refractivity contribution < 1.29 is 4.74 Å². The molecule has 2 heterocycles. The van der Waals surface area contributed by atoms with Crippen LogP contribution in [0.4, 0.5) is 11.8 Å². The zero-order valence-corrected chi connectivity index (χ0v) is 9.92. The van der Waals surface area contributed by atoms with Gasteiger partial charge < -0.3 is 15.4 Å². The smallest absolute Gasteiger partial charge is 0.224 e. The molecule has 1 aliphatic rings. The second-order valence-electron chi connectivity index (χ2n) is 3.66. The maximum Gasteiger partial charge on any atom is 0.224 e. The van der Waals surface area contributed by atoms with E-state index in [0.717, 1.165) is 26.0 Å². The summed E-state index contributed by atoms with van der Waals surface area (Å²) in [5.41, 5.74) is 0. The lowest BCUT2D eigenvalue weighted by molar-refractivity contribution is 0.120. The fraction of sp³-hybridized carbons (Fsp3) is 0.600. The Hall–Kier alpha value is -1.07. The first-order valence-corrected chi connectivity index (χ1v) is 5.73. The van der Waals surface area contributed by atoms with Crippen molar-refractivity contribution in [3.05, 3.63) is 11.2 Å². The summed E-state index contributed by atoms with van der Waals surface area (Å²) in [5, 5.41) is 6.58. The van der Waals surface area contributed by atoms with Crippen molar-refractivity contribution in [2.45, 2.75) is 18.9 Å². The number of hydrogen-bond donors (Lipinski definition) is 2. The summed E-state index contributed by atoms with van der Waals surface area (Å²) in [4.78, 5) is 8.24. The highest BCUT2D eigenvalue weighted by atomic mass is 35.5. The molecule has 6 heteroatoms. The molecule has 0 aliphatic carbocycles. The fourth-order valence-corrected chi connectivity index (χ4v) is 1.79. The number of anilines is 2. The van der Waals surface area contributed by atoms with Gasteiger partial charge in [-0.05, 0) is 12.8 Å². The highest BCUT2D eigenvalue weighted by Gasteiger charge is 2.15. The Labute approximate surface area is 99.6 Å². The minimum Gasteiger partial charge on any atom is -0.376 e. The van der Waals surface area contributed by atoms with E-state index in [2.05, 4.69) is 20.6 Å². The molecule has 0 amide bonds. The first kappa shape index (κ1) is 11.4. The van der Waals surface area contributed by atoms with Crippen LogP contribution in [0, 0.1) is 0 Å². The van der Waals surface area contributed by atoms with E-state index in [0.29, 0.717) is 16.8 Å². The SMILES string of the molecule is CNc1ncc(Cl)c(NCC2CCCO2)n1. The highest BCUT2D eigenvalue weighted by Crippen LogP contribution is 2.20. The van der Waals surface area contributed by atoms with Gasteiger partial charge in [0.2, 0.25) is 5.95 Å². The molecule has 0 radical (unpaired) electrons. The monoisotopic (exact) mass is 242 g/mol. The Kier molecular flexibility index (Phi) is 3.79. The first-order valence-electron chi connectivity index (χ1n) is 5.35. The van der Waals surface area contributed by atoms with E-state index in [1.54, 1.807) is 13.2 Å². The molecule has 0 spiro atoms. The van der Waals surface area contributed by atoms with Gasteiger partial charge in [0.25, 0.3) is 0 Å². The van der Waals surface area contributed by atoms with Gasteiger partial charge in [-0.2, -0.15) is 4.98 Å². The summed E-state index contributed by atoms with van der Waals surface area (Å²) in [6.07, 6.45) is 4.07. The molecule has 0 saturated carbocycles. The van der Waals surface area contributed by atoms with E-state index in [4.69, 9.17) is 16.3 Å². The van der Waals surface area contributed by atoms with Crippen LogP contribution in [0.3, 0.4) is 0 Å². The van der Waals surface area contributed by atoms with Crippen LogP contribution < -0.4 is 10.6 Å². The van der Waals surface area contributed by atoms with Crippen molar-refractivity contribution in [2.75, 3.05) is 30.8 Å². The molecule has 1 atom stereocenters. The standard InChI is InChI=1S/C10H15ClN4O/c1-12-10-14-6-8(11)9(15-10)13-5-7-3-2-4-16-7/h6-7H,2-5H2,1H3,(H2,12,13,14,15). The lowest BCUT2D eigenvalue weighted by Crippen LogP contribution is -2.19. The Bertz CT molecular complexity index is 355. The number of rotatable bonds is 4. The van der Waals surface area contributed by atoms with Crippen LogP contribution in [0.15, 0.2) is 6.20 Å². The third-order valence-electron chi connectivity index (χ3n) is 2.49. The largest absolute Gasteiger partial charge is 0.376 e. The minimum absolute atomic E-state index is 0.268. The van der Waals surface area contributed by atoms with Crippen LogP contribution in [0.2, 0.25) is 5.02 Å². The lowest BCUT2D eigenvalue weighted by Gasteiger charge is -2.12. The maximum atomic E-state index is 5.98. The van der Waals surface area contributed by atoms with Crippen molar-refractivity contribution in [1.82, 2.24) is 9.97 Å². The van der Waals surface area contributed by atoms with Crippen molar-refractivity contribution in [1.29, 1.82) is 0 Å². The number of halogens is 1. The normalized spacial score (nSPS) is 19.8.